The van der Waals surface area contributed by atoms with Crippen molar-refractivity contribution in [3.05, 3.63) is 41.5 Å². The minimum Gasteiger partial charge on any atom is -0.383 e. The van der Waals surface area contributed by atoms with E-state index in [1.807, 2.05) is 24.3 Å². The van der Waals surface area contributed by atoms with E-state index in [0.717, 1.165) is 54.0 Å². The smallest absolute Gasteiger partial charge is 0.196 e. The number of carbonyl (C=O) groups is 1. The Balaban J connectivity index is 1.70. The molecule has 156 valence electrons. The minimum atomic E-state index is 0.0391. The SMILES string of the molecule is C[C@H]1CCCN(c2cc(NCCN(C)C)c3c4c(onc24)-c2ccccc2C3=O)C1. The van der Waals surface area contributed by atoms with Gasteiger partial charge in [-0.3, -0.25) is 4.79 Å². The van der Waals surface area contributed by atoms with Gasteiger partial charge in [-0.05, 0) is 38.9 Å². The van der Waals surface area contributed by atoms with Crippen LogP contribution in [-0.4, -0.2) is 56.1 Å². The predicted octanol–water partition coefficient (Wildman–Crippen LogP) is 4.25. The lowest BCUT2D eigenvalue weighted by atomic mass is 9.86. The molecule has 1 N–H and O–H groups in total. The quantitative estimate of drug-likeness (QED) is 0.537. The number of aromatic nitrogens is 1. The van der Waals surface area contributed by atoms with Gasteiger partial charge in [0.25, 0.3) is 0 Å². The Morgan fingerprint density at radius 3 is 2.83 bits per heavy atom. The van der Waals surface area contributed by atoms with Gasteiger partial charge in [-0.25, -0.2) is 0 Å². The molecule has 1 fully saturated rings. The molecule has 3 aromatic rings. The number of likely N-dealkylation sites (N-methyl/N-ethyl adjacent to an activating group) is 1. The predicted molar refractivity (Wildman–Crippen MR) is 121 cm³/mol. The largest absolute Gasteiger partial charge is 0.383 e. The summed E-state index contributed by atoms with van der Waals surface area (Å²) in [6.07, 6.45) is 2.42. The monoisotopic (exact) mass is 404 g/mol. The van der Waals surface area contributed by atoms with Crippen molar-refractivity contribution in [2.45, 2.75) is 19.8 Å². The molecule has 6 nitrogen and oxygen atoms in total. The van der Waals surface area contributed by atoms with Crippen LogP contribution >= 0.6 is 0 Å². The molecule has 0 unspecified atom stereocenters. The normalized spacial score (nSPS) is 18.2. The van der Waals surface area contributed by atoms with E-state index in [4.69, 9.17) is 4.52 Å². The van der Waals surface area contributed by atoms with Crippen LogP contribution in [-0.2, 0) is 0 Å². The van der Waals surface area contributed by atoms with Gasteiger partial charge in [-0.2, -0.15) is 0 Å². The third-order valence-electron chi connectivity index (χ3n) is 6.25. The number of anilines is 2. The molecule has 30 heavy (non-hydrogen) atoms. The fourth-order valence-electron chi connectivity index (χ4n) is 4.75. The van der Waals surface area contributed by atoms with Crippen LogP contribution in [0.3, 0.4) is 0 Å². The number of hydrogen-bond donors (Lipinski definition) is 1. The number of hydrogen-bond acceptors (Lipinski definition) is 6. The molecule has 1 aliphatic carbocycles. The first-order chi connectivity index (χ1) is 14.5. The van der Waals surface area contributed by atoms with Crippen LogP contribution in [0.15, 0.2) is 34.9 Å². The summed E-state index contributed by atoms with van der Waals surface area (Å²) in [7, 11) is 4.10. The second-order valence-corrected chi connectivity index (χ2v) is 8.85. The summed E-state index contributed by atoms with van der Waals surface area (Å²) in [5.41, 5.74) is 4.94. The van der Waals surface area contributed by atoms with Crippen molar-refractivity contribution < 1.29 is 9.32 Å². The average molecular weight is 405 g/mol. The van der Waals surface area contributed by atoms with Crippen LogP contribution in [0.5, 0.6) is 0 Å². The molecule has 0 bridgehead atoms. The minimum absolute atomic E-state index is 0.0391. The van der Waals surface area contributed by atoms with E-state index in [2.05, 4.69) is 47.4 Å². The fraction of sp³-hybridized carbons (Fsp3) is 0.417. The topological polar surface area (TPSA) is 61.6 Å². The third-order valence-corrected chi connectivity index (χ3v) is 6.25. The van der Waals surface area contributed by atoms with Crippen molar-refractivity contribution in [2.75, 3.05) is 50.5 Å². The Hall–Kier alpha value is -2.86. The second kappa shape index (κ2) is 7.43. The average Bonchev–Trinajstić information content (AvgIpc) is 3.17. The lowest BCUT2D eigenvalue weighted by Gasteiger charge is -2.33. The lowest BCUT2D eigenvalue weighted by Crippen LogP contribution is -2.34. The molecule has 1 atom stereocenters. The number of fused-ring (bicyclic) bond motifs is 2. The van der Waals surface area contributed by atoms with Gasteiger partial charge in [0.15, 0.2) is 11.5 Å². The third kappa shape index (κ3) is 3.06. The van der Waals surface area contributed by atoms with Gasteiger partial charge < -0.3 is 19.6 Å². The maximum atomic E-state index is 13.5. The van der Waals surface area contributed by atoms with Crippen LogP contribution in [0.2, 0.25) is 0 Å². The molecule has 6 heteroatoms. The second-order valence-electron chi connectivity index (χ2n) is 8.85. The first kappa shape index (κ1) is 19.1. The van der Waals surface area contributed by atoms with Crippen LogP contribution in [0.25, 0.3) is 22.2 Å². The molecule has 0 saturated carbocycles. The van der Waals surface area contributed by atoms with Crippen molar-refractivity contribution in [3.8, 4) is 11.3 Å². The van der Waals surface area contributed by atoms with E-state index in [1.165, 1.54) is 12.8 Å². The molecule has 2 heterocycles. The van der Waals surface area contributed by atoms with Crippen LogP contribution in [0.4, 0.5) is 11.4 Å². The van der Waals surface area contributed by atoms with Gasteiger partial charge >= 0.3 is 0 Å². The number of rotatable bonds is 5. The highest BCUT2D eigenvalue weighted by atomic mass is 16.5. The van der Waals surface area contributed by atoms with Crippen molar-refractivity contribution in [1.29, 1.82) is 0 Å². The number of benzene rings is 2. The maximum Gasteiger partial charge on any atom is 0.196 e. The summed E-state index contributed by atoms with van der Waals surface area (Å²) in [4.78, 5) is 18.1. The molecule has 2 aliphatic rings. The number of carbonyl (C=O) groups excluding carboxylic acids is 1. The molecule has 1 aliphatic heterocycles. The molecular weight excluding hydrogens is 376 g/mol. The van der Waals surface area contributed by atoms with E-state index in [1.54, 1.807) is 0 Å². The van der Waals surface area contributed by atoms with E-state index in [-0.39, 0.29) is 5.78 Å². The number of piperidine rings is 1. The molecule has 2 aromatic carbocycles. The highest BCUT2D eigenvalue weighted by Gasteiger charge is 2.34. The van der Waals surface area contributed by atoms with E-state index < -0.39 is 0 Å². The first-order valence-electron chi connectivity index (χ1n) is 10.8. The zero-order valence-corrected chi connectivity index (χ0v) is 17.9. The first-order valence-corrected chi connectivity index (χ1v) is 10.8. The fourth-order valence-corrected chi connectivity index (χ4v) is 4.75. The highest BCUT2D eigenvalue weighted by Crippen LogP contribution is 2.46. The van der Waals surface area contributed by atoms with Crippen molar-refractivity contribution in [2.24, 2.45) is 5.92 Å². The van der Waals surface area contributed by atoms with Gasteiger partial charge in [-0.1, -0.05) is 36.3 Å². The van der Waals surface area contributed by atoms with Crippen molar-refractivity contribution in [3.63, 3.8) is 0 Å². The molecular formula is C24H28N4O2. The highest BCUT2D eigenvalue weighted by molar-refractivity contribution is 6.28. The molecule has 0 radical (unpaired) electrons. The summed E-state index contributed by atoms with van der Waals surface area (Å²) in [6, 6.07) is 9.78. The van der Waals surface area contributed by atoms with E-state index in [9.17, 15) is 4.79 Å². The number of nitrogens with zero attached hydrogens (tertiary/aromatic N) is 3. The summed E-state index contributed by atoms with van der Waals surface area (Å²) >= 11 is 0. The zero-order valence-electron chi connectivity index (χ0n) is 17.9. The molecule has 0 amide bonds. The Kier molecular flexibility index (Phi) is 4.74. The Morgan fingerprint density at radius 2 is 2.07 bits per heavy atom. The summed E-state index contributed by atoms with van der Waals surface area (Å²) in [5, 5.41) is 8.85. The molecule has 5 rings (SSSR count). The molecule has 0 spiro atoms. The maximum absolute atomic E-state index is 13.5. The summed E-state index contributed by atoms with van der Waals surface area (Å²) in [5.74, 6) is 1.38. The van der Waals surface area contributed by atoms with Crippen molar-refractivity contribution in [1.82, 2.24) is 10.1 Å². The Bertz CT molecular complexity index is 1120. The van der Waals surface area contributed by atoms with Gasteiger partial charge in [0, 0.05) is 43.0 Å². The van der Waals surface area contributed by atoms with Gasteiger partial charge in [0.1, 0.15) is 5.52 Å². The van der Waals surface area contributed by atoms with Gasteiger partial charge in [-0.15, -0.1) is 0 Å². The summed E-state index contributed by atoms with van der Waals surface area (Å²) < 4.78 is 5.86. The Labute approximate surface area is 176 Å². The standard InChI is InChI=1S/C24H28N4O2/c1-15-7-6-11-28(14-15)19-13-18(25-10-12-27(2)3)20-21-22(19)26-30-24(21)17-9-5-4-8-16(17)23(20)29/h4-5,8-9,13,15,25H,6-7,10-12,14H2,1-3H3/t15-/m0/s1. The lowest BCUT2D eigenvalue weighted by molar-refractivity contribution is 0.104. The van der Waals surface area contributed by atoms with Gasteiger partial charge in [0.05, 0.1) is 16.6 Å². The summed E-state index contributed by atoms with van der Waals surface area (Å²) in [6.45, 7) is 5.94. The molecule has 1 saturated heterocycles. The van der Waals surface area contributed by atoms with Gasteiger partial charge in [0.2, 0.25) is 0 Å². The zero-order chi connectivity index (χ0) is 20.8. The van der Waals surface area contributed by atoms with E-state index in [0.29, 0.717) is 22.8 Å². The van der Waals surface area contributed by atoms with E-state index >= 15 is 0 Å². The Morgan fingerprint density at radius 1 is 1.27 bits per heavy atom. The van der Waals surface area contributed by atoms with Crippen LogP contribution in [0, 0.1) is 5.92 Å². The van der Waals surface area contributed by atoms with Crippen molar-refractivity contribution >= 4 is 28.1 Å². The van der Waals surface area contributed by atoms with Crippen LogP contribution in [0.1, 0.15) is 35.7 Å². The number of nitrogens with one attached hydrogen (secondary N) is 1. The van der Waals surface area contributed by atoms with Crippen LogP contribution < -0.4 is 10.2 Å². The molecule has 1 aromatic heterocycles. The number of ketones is 1.